The molecule has 1 heterocycles. The van der Waals surface area contributed by atoms with Crippen molar-refractivity contribution in [2.45, 2.75) is 19.4 Å². The molecule has 0 aliphatic carbocycles. The molecule has 3 rings (SSSR count). The number of fused-ring (bicyclic) bond motifs is 1. The van der Waals surface area contributed by atoms with Crippen molar-refractivity contribution in [1.29, 1.82) is 0 Å². The second kappa shape index (κ2) is 8.38. The fourth-order valence-corrected chi connectivity index (χ4v) is 3.67. The molecule has 0 bridgehead atoms. The number of benzene rings is 2. The summed E-state index contributed by atoms with van der Waals surface area (Å²) >= 11 is 11.9. The lowest BCUT2D eigenvalue weighted by atomic mass is 9.93. The van der Waals surface area contributed by atoms with Crippen LogP contribution in [0.3, 0.4) is 0 Å². The second-order valence-electron chi connectivity index (χ2n) is 6.48. The smallest absolute Gasteiger partial charge is 0.238 e. The SMILES string of the molecule is COc1cc2c(cc1OC)[C@H](C)N(CC(=O)Nc1ccc(Cl)c(Cl)c1)CC2. The Morgan fingerprint density at radius 1 is 1.15 bits per heavy atom. The van der Waals surface area contributed by atoms with E-state index >= 15 is 0 Å². The second-order valence-corrected chi connectivity index (χ2v) is 7.29. The van der Waals surface area contributed by atoms with Crippen molar-refractivity contribution in [3.63, 3.8) is 0 Å². The molecule has 1 amide bonds. The van der Waals surface area contributed by atoms with E-state index < -0.39 is 0 Å². The lowest BCUT2D eigenvalue weighted by Crippen LogP contribution is -2.39. The van der Waals surface area contributed by atoms with Crippen LogP contribution in [0.1, 0.15) is 24.1 Å². The van der Waals surface area contributed by atoms with Gasteiger partial charge in [-0.25, -0.2) is 0 Å². The lowest BCUT2D eigenvalue weighted by Gasteiger charge is -2.35. The van der Waals surface area contributed by atoms with Gasteiger partial charge >= 0.3 is 0 Å². The topological polar surface area (TPSA) is 50.8 Å². The Hall–Kier alpha value is -1.95. The van der Waals surface area contributed by atoms with Crippen LogP contribution in [-0.2, 0) is 11.2 Å². The van der Waals surface area contributed by atoms with Gasteiger partial charge in [-0.1, -0.05) is 23.2 Å². The summed E-state index contributed by atoms with van der Waals surface area (Å²) in [5.41, 5.74) is 3.01. The Kier molecular flexibility index (Phi) is 6.15. The fraction of sp³-hybridized carbons (Fsp3) is 0.350. The number of carbonyl (C=O) groups excluding carboxylic acids is 1. The number of nitrogens with zero attached hydrogens (tertiary/aromatic N) is 1. The maximum atomic E-state index is 12.5. The first kappa shape index (κ1) is 19.8. The normalized spacial score (nSPS) is 16.6. The lowest BCUT2D eigenvalue weighted by molar-refractivity contribution is -0.117. The first-order valence-corrected chi connectivity index (χ1v) is 9.42. The van der Waals surface area contributed by atoms with Crippen LogP contribution in [0.5, 0.6) is 11.5 Å². The van der Waals surface area contributed by atoms with E-state index in [9.17, 15) is 4.79 Å². The number of amides is 1. The molecule has 0 aromatic heterocycles. The van der Waals surface area contributed by atoms with Crippen LogP contribution >= 0.6 is 23.2 Å². The van der Waals surface area contributed by atoms with Crippen LogP contribution in [0.15, 0.2) is 30.3 Å². The Balaban J connectivity index is 1.71. The van der Waals surface area contributed by atoms with Crippen molar-refractivity contribution in [2.75, 3.05) is 32.6 Å². The van der Waals surface area contributed by atoms with E-state index in [2.05, 4.69) is 17.1 Å². The molecule has 27 heavy (non-hydrogen) atoms. The predicted octanol–water partition coefficient (Wildman–Crippen LogP) is 4.57. The predicted molar refractivity (Wildman–Crippen MR) is 108 cm³/mol. The van der Waals surface area contributed by atoms with E-state index in [4.69, 9.17) is 32.7 Å². The highest BCUT2D eigenvalue weighted by molar-refractivity contribution is 6.42. The molecule has 1 N–H and O–H groups in total. The Labute approximate surface area is 169 Å². The molecule has 1 aliphatic heterocycles. The zero-order valence-electron chi connectivity index (χ0n) is 15.5. The van der Waals surface area contributed by atoms with E-state index in [-0.39, 0.29) is 18.5 Å². The minimum absolute atomic E-state index is 0.0908. The quantitative estimate of drug-likeness (QED) is 0.786. The van der Waals surface area contributed by atoms with Gasteiger partial charge < -0.3 is 14.8 Å². The third-order valence-corrected chi connectivity index (χ3v) is 5.60. The van der Waals surface area contributed by atoms with Gasteiger partial charge in [-0.05, 0) is 54.8 Å². The van der Waals surface area contributed by atoms with Crippen LogP contribution in [0.2, 0.25) is 10.0 Å². The van der Waals surface area contributed by atoms with Gasteiger partial charge in [0.25, 0.3) is 0 Å². The van der Waals surface area contributed by atoms with Crippen molar-refractivity contribution in [1.82, 2.24) is 4.90 Å². The summed E-state index contributed by atoms with van der Waals surface area (Å²) in [6.45, 7) is 3.17. The minimum atomic E-state index is -0.0934. The van der Waals surface area contributed by atoms with Crippen LogP contribution in [-0.4, -0.2) is 38.1 Å². The molecule has 1 aliphatic rings. The highest BCUT2D eigenvalue weighted by Gasteiger charge is 2.27. The maximum Gasteiger partial charge on any atom is 0.238 e. The molecule has 0 saturated carbocycles. The first-order chi connectivity index (χ1) is 12.9. The van der Waals surface area contributed by atoms with Crippen LogP contribution in [0.4, 0.5) is 5.69 Å². The maximum absolute atomic E-state index is 12.5. The van der Waals surface area contributed by atoms with Crippen molar-refractivity contribution in [2.24, 2.45) is 0 Å². The average Bonchev–Trinajstić information content (AvgIpc) is 2.66. The van der Waals surface area contributed by atoms with Gasteiger partial charge in [0.05, 0.1) is 30.8 Å². The van der Waals surface area contributed by atoms with E-state index in [1.807, 2.05) is 12.1 Å². The molecule has 0 saturated heterocycles. The molecule has 2 aromatic rings. The summed E-state index contributed by atoms with van der Waals surface area (Å²) in [7, 11) is 3.26. The minimum Gasteiger partial charge on any atom is -0.493 e. The number of hydrogen-bond donors (Lipinski definition) is 1. The summed E-state index contributed by atoms with van der Waals surface area (Å²) < 4.78 is 10.8. The summed E-state index contributed by atoms with van der Waals surface area (Å²) in [6.07, 6.45) is 0.847. The molecule has 0 fully saturated rings. The summed E-state index contributed by atoms with van der Waals surface area (Å²) in [6, 6.07) is 9.16. The van der Waals surface area contributed by atoms with Gasteiger partial charge in [-0.15, -0.1) is 0 Å². The van der Waals surface area contributed by atoms with Crippen LogP contribution in [0, 0.1) is 0 Å². The van der Waals surface area contributed by atoms with E-state index in [0.717, 1.165) is 24.3 Å². The first-order valence-electron chi connectivity index (χ1n) is 8.66. The number of ether oxygens (including phenoxy) is 2. The number of rotatable bonds is 5. The van der Waals surface area contributed by atoms with Gasteiger partial charge in [-0.3, -0.25) is 9.69 Å². The van der Waals surface area contributed by atoms with Crippen molar-refractivity contribution >= 4 is 34.8 Å². The molecule has 5 nitrogen and oxygen atoms in total. The third-order valence-electron chi connectivity index (χ3n) is 4.86. The monoisotopic (exact) mass is 408 g/mol. The average molecular weight is 409 g/mol. The van der Waals surface area contributed by atoms with Gasteiger partial charge in [-0.2, -0.15) is 0 Å². The van der Waals surface area contributed by atoms with E-state index in [1.165, 1.54) is 5.56 Å². The van der Waals surface area contributed by atoms with Gasteiger partial charge in [0, 0.05) is 18.3 Å². The zero-order valence-corrected chi connectivity index (χ0v) is 17.0. The number of halogens is 2. The molecule has 144 valence electrons. The van der Waals surface area contributed by atoms with Gasteiger partial charge in [0.1, 0.15) is 0 Å². The molecular weight excluding hydrogens is 387 g/mol. The third kappa shape index (κ3) is 4.32. The highest BCUT2D eigenvalue weighted by atomic mass is 35.5. The standard InChI is InChI=1S/C20H22Cl2N2O3/c1-12-15-10-19(27-3)18(26-2)8-13(15)6-7-24(12)11-20(25)23-14-4-5-16(21)17(22)9-14/h4-5,8-10,12H,6-7,11H2,1-3H3,(H,23,25)/t12-/m0/s1. The van der Waals surface area contributed by atoms with E-state index in [1.54, 1.807) is 32.4 Å². The van der Waals surface area contributed by atoms with Crippen LogP contribution < -0.4 is 14.8 Å². The van der Waals surface area contributed by atoms with Crippen molar-refractivity contribution in [3.05, 3.63) is 51.5 Å². The Morgan fingerprint density at radius 3 is 2.52 bits per heavy atom. The Bertz CT molecular complexity index is 857. The van der Waals surface area contributed by atoms with Gasteiger partial charge in [0.2, 0.25) is 5.91 Å². The molecule has 1 atom stereocenters. The molecule has 0 radical (unpaired) electrons. The molecule has 2 aromatic carbocycles. The number of methoxy groups -OCH3 is 2. The van der Waals surface area contributed by atoms with Gasteiger partial charge in [0.15, 0.2) is 11.5 Å². The molecule has 0 spiro atoms. The number of carbonyl (C=O) groups is 1. The number of hydrogen-bond acceptors (Lipinski definition) is 4. The van der Waals surface area contributed by atoms with Crippen LogP contribution in [0.25, 0.3) is 0 Å². The van der Waals surface area contributed by atoms with E-state index in [0.29, 0.717) is 21.5 Å². The molecule has 0 unspecified atom stereocenters. The Morgan fingerprint density at radius 2 is 1.85 bits per heavy atom. The zero-order chi connectivity index (χ0) is 19.6. The summed E-state index contributed by atoms with van der Waals surface area (Å²) in [4.78, 5) is 14.6. The van der Waals surface area contributed by atoms with Crippen molar-refractivity contribution in [3.8, 4) is 11.5 Å². The number of nitrogens with one attached hydrogen (secondary N) is 1. The molecule has 7 heteroatoms. The van der Waals surface area contributed by atoms with Crippen molar-refractivity contribution < 1.29 is 14.3 Å². The molecular formula is C20H22Cl2N2O3. The summed E-state index contributed by atoms with van der Waals surface area (Å²) in [5, 5.41) is 3.75. The highest BCUT2D eigenvalue weighted by Crippen LogP contribution is 2.37. The summed E-state index contributed by atoms with van der Waals surface area (Å²) in [5.74, 6) is 1.34. The largest absolute Gasteiger partial charge is 0.493 e. The number of anilines is 1. The fourth-order valence-electron chi connectivity index (χ4n) is 3.37.